The summed E-state index contributed by atoms with van der Waals surface area (Å²) in [5.41, 5.74) is 5.80. The Bertz CT molecular complexity index is 406. The molecule has 4 heteroatoms. The monoisotopic (exact) mass is 238 g/mol. The van der Waals surface area contributed by atoms with Crippen LogP contribution in [0.3, 0.4) is 0 Å². The van der Waals surface area contributed by atoms with Gasteiger partial charge in [-0.15, -0.1) is 0 Å². The van der Waals surface area contributed by atoms with Crippen LogP contribution in [0.1, 0.15) is 37.6 Å². The first-order chi connectivity index (χ1) is 7.95. The van der Waals surface area contributed by atoms with Gasteiger partial charge in [0.15, 0.2) is 0 Å². The van der Waals surface area contributed by atoms with Gasteiger partial charge in [0.05, 0.1) is 5.69 Å². The molecule has 1 aromatic carbocycles. The van der Waals surface area contributed by atoms with Crippen LogP contribution in [0.5, 0.6) is 0 Å². The van der Waals surface area contributed by atoms with Crippen molar-refractivity contribution in [2.75, 3.05) is 5.73 Å². The van der Waals surface area contributed by atoms with Crippen LogP contribution >= 0.6 is 0 Å². The highest BCUT2D eigenvalue weighted by molar-refractivity contribution is 5.95. The zero-order valence-corrected chi connectivity index (χ0v) is 10.5. The Balaban J connectivity index is 2.73. The minimum Gasteiger partial charge on any atom is -0.396 e. The molecule has 3 nitrogen and oxygen atoms in total. The van der Waals surface area contributed by atoms with E-state index in [1.165, 1.54) is 18.2 Å². The summed E-state index contributed by atoms with van der Waals surface area (Å²) in [6.07, 6.45) is 0.993. The molecule has 0 bridgehead atoms. The molecule has 0 heterocycles. The molecule has 1 rings (SSSR count). The lowest BCUT2D eigenvalue weighted by Gasteiger charge is -2.19. The molecule has 2 atom stereocenters. The Hall–Kier alpha value is -1.58. The van der Waals surface area contributed by atoms with E-state index < -0.39 is 5.82 Å². The zero-order valence-electron chi connectivity index (χ0n) is 10.5. The standard InChI is InChI=1S/C13H19FN2O/c1-4-8(2)9(3)16-13(17)10-5-6-11(14)12(15)7-10/h5-9H,4,15H2,1-3H3,(H,16,17). The number of nitrogens with one attached hydrogen (secondary N) is 1. The molecule has 0 aliphatic heterocycles. The third-order valence-electron chi connectivity index (χ3n) is 3.11. The Morgan fingerprint density at radius 2 is 2.12 bits per heavy atom. The second kappa shape index (κ2) is 5.66. The highest BCUT2D eigenvalue weighted by atomic mass is 19.1. The maximum absolute atomic E-state index is 13.0. The Morgan fingerprint density at radius 1 is 1.47 bits per heavy atom. The van der Waals surface area contributed by atoms with Crippen molar-refractivity contribution in [1.82, 2.24) is 5.32 Å². The third-order valence-corrected chi connectivity index (χ3v) is 3.11. The van der Waals surface area contributed by atoms with Crippen molar-refractivity contribution >= 4 is 11.6 Å². The summed E-state index contributed by atoms with van der Waals surface area (Å²) in [6, 6.07) is 4.08. The summed E-state index contributed by atoms with van der Waals surface area (Å²) < 4.78 is 13.0. The first kappa shape index (κ1) is 13.5. The molecule has 0 spiro atoms. The molecule has 1 amide bonds. The van der Waals surface area contributed by atoms with Crippen LogP contribution in [0, 0.1) is 11.7 Å². The van der Waals surface area contributed by atoms with Crippen LogP contribution in [-0.2, 0) is 0 Å². The van der Waals surface area contributed by atoms with Crippen molar-refractivity contribution in [3.63, 3.8) is 0 Å². The molecule has 3 N–H and O–H groups in total. The van der Waals surface area contributed by atoms with E-state index in [1.807, 2.05) is 6.92 Å². The van der Waals surface area contributed by atoms with Crippen molar-refractivity contribution in [2.45, 2.75) is 33.2 Å². The van der Waals surface area contributed by atoms with Gasteiger partial charge in [0.25, 0.3) is 5.91 Å². The van der Waals surface area contributed by atoms with Crippen molar-refractivity contribution in [3.8, 4) is 0 Å². The van der Waals surface area contributed by atoms with E-state index in [0.717, 1.165) is 6.42 Å². The minimum absolute atomic E-state index is 0.00570. The number of nitrogens with two attached hydrogens (primary N) is 1. The summed E-state index contributed by atoms with van der Waals surface area (Å²) in [5.74, 6) is -0.322. The largest absolute Gasteiger partial charge is 0.396 e. The van der Waals surface area contributed by atoms with Gasteiger partial charge in [0, 0.05) is 11.6 Å². The fourth-order valence-electron chi connectivity index (χ4n) is 1.47. The fourth-order valence-corrected chi connectivity index (χ4v) is 1.47. The van der Waals surface area contributed by atoms with Gasteiger partial charge in [-0.05, 0) is 31.0 Å². The molecule has 17 heavy (non-hydrogen) atoms. The number of anilines is 1. The molecular weight excluding hydrogens is 219 g/mol. The van der Waals surface area contributed by atoms with E-state index in [2.05, 4.69) is 19.2 Å². The number of rotatable bonds is 4. The molecule has 0 saturated carbocycles. The smallest absolute Gasteiger partial charge is 0.251 e. The van der Waals surface area contributed by atoms with Gasteiger partial charge in [0.1, 0.15) is 5.82 Å². The topological polar surface area (TPSA) is 55.1 Å². The number of hydrogen-bond donors (Lipinski definition) is 2. The third kappa shape index (κ3) is 3.44. The van der Waals surface area contributed by atoms with Gasteiger partial charge < -0.3 is 11.1 Å². The van der Waals surface area contributed by atoms with E-state index in [4.69, 9.17) is 5.73 Å². The van der Waals surface area contributed by atoms with Crippen molar-refractivity contribution in [3.05, 3.63) is 29.6 Å². The number of amides is 1. The number of nitrogen functional groups attached to an aromatic ring is 1. The summed E-state index contributed by atoms with van der Waals surface area (Å²) >= 11 is 0. The van der Waals surface area contributed by atoms with Crippen molar-refractivity contribution < 1.29 is 9.18 Å². The SMILES string of the molecule is CCC(C)C(C)NC(=O)c1ccc(F)c(N)c1. The first-order valence-electron chi connectivity index (χ1n) is 5.81. The van der Waals surface area contributed by atoms with Crippen LogP contribution in [0.4, 0.5) is 10.1 Å². The molecule has 2 unspecified atom stereocenters. The van der Waals surface area contributed by atoms with Gasteiger partial charge >= 0.3 is 0 Å². The second-order valence-electron chi connectivity index (χ2n) is 4.38. The summed E-state index contributed by atoms with van der Waals surface area (Å²) in [5, 5.41) is 2.88. The molecule has 0 saturated heterocycles. The number of benzene rings is 1. The Kier molecular flexibility index (Phi) is 4.49. The highest BCUT2D eigenvalue weighted by Crippen LogP contribution is 2.13. The summed E-state index contributed by atoms with van der Waals surface area (Å²) in [4.78, 5) is 11.8. The van der Waals surface area contributed by atoms with E-state index in [0.29, 0.717) is 11.5 Å². The number of carbonyl (C=O) groups is 1. The lowest BCUT2D eigenvalue weighted by molar-refractivity contribution is 0.0928. The van der Waals surface area contributed by atoms with Gasteiger partial charge in [0.2, 0.25) is 0 Å². The van der Waals surface area contributed by atoms with Gasteiger partial charge in [-0.3, -0.25) is 4.79 Å². The van der Waals surface area contributed by atoms with E-state index in [9.17, 15) is 9.18 Å². The normalized spacial score (nSPS) is 14.1. The number of hydrogen-bond acceptors (Lipinski definition) is 2. The Labute approximate surface area is 101 Å². The summed E-state index contributed by atoms with van der Waals surface area (Å²) in [7, 11) is 0. The predicted molar refractivity (Wildman–Crippen MR) is 67.2 cm³/mol. The van der Waals surface area contributed by atoms with Crippen LogP contribution in [0.25, 0.3) is 0 Å². The van der Waals surface area contributed by atoms with E-state index in [1.54, 1.807) is 0 Å². The quantitative estimate of drug-likeness (QED) is 0.792. The maximum Gasteiger partial charge on any atom is 0.251 e. The second-order valence-corrected chi connectivity index (χ2v) is 4.38. The van der Waals surface area contributed by atoms with E-state index in [-0.39, 0.29) is 17.6 Å². The van der Waals surface area contributed by atoms with Crippen LogP contribution < -0.4 is 11.1 Å². The zero-order chi connectivity index (χ0) is 13.0. The minimum atomic E-state index is -0.503. The van der Waals surface area contributed by atoms with Crippen molar-refractivity contribution in [1.29, 1.82) is 0 Å². The van der Waals surface area contributed by atoms with Crippen LogP contribution in [0.2, 0.25) is 0 Å². The fraction of sp³-hybridized carbons (Fsp3) is 0.462. The maximum atomic E-state index is 13.0. The van der Waals surface area contributed by atoms with Crippen LogP contribution in [-0.4, -0.2) is 11.9 Å². The van der Waals surface area contributed by atoms with E-state index >= 15 is 0 Å². The molecular formula is C13H19FN2O. The molecule has 0 radical (unpaired) electrons. The molecule has 94 valence electrons. The highest BCUT2D eigenvalue weighted by Gasteiger charge is 2.15. The molecule has 0 aromatic heterocycles. The first-order valence-corrected chi connectivity index (χ1v) is 5.81. The van der Waals surface area contributed by atoms with Gasteiger partial charge in [-0.2, -0.15) is 0 Å². The molecule has 1 aromatic rings. The van der Waals surface area contributed by atoms with Crippen molar-refractivity contribution in [2.24, 2.45) is 5.92 Å². The van der Waals surface area contributed by atoms with Gasteiger partial charge in [-0.25, -0.2) is 4.39 Å². The average Bonchev–Trinajstić information content (AvgIpc) is 2.31. The molecule has 0 aliphatic carbocycles. The number of carbonyl (C=O) groups excluding carboxylic acids is 1. The predicted octanol–water partition coefficient (Wildman–Crippen LogP) is 2.57. The Morgan fingerprint density at radius 3 is 2.65 bits per heavy atom. The molecule has 0 fully saturated rings. The lowest BCUT2D eigenvalue weighted by Crippen LogP contribution is -2.36. The number of halogens is 1. The van der Waals surface area contributed by atoms with Gasteiger partial charge in [-0.1, -0.05) is 20.3 Å². The lowest BCUT2D eigenvalue weighted by atomic mass is 10.0. The molecule has 0 aliphatic rings. The summed E-state index contributed by atoms with van der Waals surface area (Å²) in [6.45, 7) is 6.10. The van der Waals surface area contributed by atoms with Crippen LogP contribution in [0.15, 0.2) is 18.2 Å². The average molecular weight is 238 g/mol.